The quantitative estimate of drug-likeness (QED) is 0.843. The zero-order valence-corrected chi connectivity index (χ0v) is 13.2. The van der Waals surface area contributed by atoms with Gasteiger partial charge in [0.25, 0.3) is 0 Å². The zero-order valence-electron chi connectivity index (χ0n) is 13.2. The van der Waals surface area contributed by atoms with E-state index in [1.54, 1.807) is 18.2 Å². The Labute approximate surface area is 142 Å². The largest absolute Gasteiger partial charge is 0.486 e. The molecule has 0 fully saturated rings. The van der Waals surface area contributed by atoms with E-state index in [4.69, 9.17) is 9.47 Å². The summed E-state index contributed by atoms with van der Waals surface area (Å²) >= 11 is 0. The van der Waals surface area contributed by atoms with Crippen molar-refractivity contribution >= 4 is 17.4 Å². The van der Waals surface area contributed by atoms with E-state index >= 15 is 0 Å². The molecule has 7 heteroatoms. The van der Waals surface area contributed by atoms with E-state index in [9.17, 15) is 18.4 Å². The molecule has 0 aromatic heterocycles. The third-order valence-corrected chi connectivity index (χ3v) is 3.65. The number of fused-ring (bicyclic) bond motifs is 1. The van der Waals surface area contributed by atoms with Crippen LogP contribution in [0.5, 0.6) is 11.5 Å². The van der Waals surface area contributed by atoms with E-state index < -0.39 is 17.5 Å². The Bertz CT molecular complexity index is 823. The molecule has 1 N–H and O–H groups in total. The van der Waals surface area contributed by atoms with Gasteiger partial charge in [-0.3, -0.25) is 9.59 Å². The van der Waals surface area contributed by atoms with Gasteiger partial charge < -0.3 is 14.8 Å². The van der Waals surface area contributed by atoms with Gasteiger partial charge in [0.05, 0.1) is 0 Å². The summed E-state index contributed by atoms with van der Waals surface area (Å²) in [5.74, 6) is -1.64. The first-order valence-electron chi connectivity index (χ1n) is 7.70. The Morgan fingerprint density at radius 3 is 2.44 bits per heavy atom. The van der Waals surface area contributed by atoms with E-state index in [0.29, 0.717) is 30.3 Å². The predicted octanol–water partition coefficient (Wildman–Crippen LogP) is 3.34. The van der Waals surface area contributed by atoms with E-state index in [2.05, 4.69) is 5.32 Å². The van der Waals surface area contributed by atoms with Crippen LogP contribution < -0.4 is 14.8 Å². The highest BCUT2D eigenvalue weighted by Gasteiger charge is 2.16. The molecule has 25 heavy (non-hydrogen) atoms. The van der Waals surface area contributed by atoms with Crippen molar-refractivity contribution < 1.29 is 27.8 Å². The molecule has 0 saturated carbocycles. The number of carbonyl (C=O) groups is 2. The lowest BCUT2D eigenvalue weighted by Crippen LogP contribution is -2.16. The Morgan fingerprint density at radius 2 is 1.68 bits per heavy atom. The number of benzene rings is 2. The molecule has 1 aliphatic heterocycles. The van der Waals surface area contributed by atoms with Crippen molar-refractivity contribution in [2.45, 2.75) is 12.8 Å². The molecule has 0 unspecified atom stereocenters. The van der Waals surface area contributed by atoms with Crippen LogP contribution in [0.2, 0.25) is 0 Å². The summed E-state index contributed by atoms with van der Waals surface area (Å²) in [5, 5.41) is 2.42. The molecule has 0 aliphatic carbocycles. The average molecular weight is 347 g/mol. The molecule has 130 valence electrons. The SMILES string of the molecule is O=C(CCC(=O)c1ccc2c(c1)OCCO2)Nc1ccc(F)c(F)c1. The number of carbonyl (C=O) groups excluding carboxylic acids is 2. The van der Waals surface area contributed by atoms with Gasteiger partial charge in [-0.2, -0.15) is 0 Å². The maximum atomic E-state index is 13.1. The van der Waals surface area contributed by atoms with E-state index in [1.807, 2.05) is 0 Å². The first-order chi connectivity index (χ1) is 12.0. The van der Waals surface area contributed by atoms with Gasteiger partial charge in [0.2, 0.25) is 5.91 Å². The van der Waals surface area contributed by atoms with Crippen molar-refractivity contribution in [3.05, 3.63) is 53.6 Å². The molecule has 3 rings (SSSR count). The van der Waals surface area contributed by atoms with Crippen LogP contribution >= 0.6 is 0 Å². The zero-order chi connectivity index (χ0) is 17.8. The molecule has 2 aromatic rings. The van der Waals surface area contributed by atoms with Gasteiger partial charge >= 0.3 is 0 Å². The number of halogens is 2. The van der Waals surface area contributed by atoms with Gasteiger partial charge in [0.1, 0.15) is 13.2 Å². The molecular formula is C18H15F2NO4. The molecular weight excluding hydrogens is 332 g/mol. The first-order valence-corrected chi connectivity index (χ1v) is 7.70. The van der Waals surface area contributed by atoms with Gasteiger partial charge in [-0.25, -0.2) is 8.78 Å². The molecule has 0 atom stereocenters. The third-order valence-electron chi connectivity index (χ3n) is 3.65. The van der Waals surface area contributed by atoms with Crippen molar-refractivity contribution in [2.24, 2.45) is 0 Å². The summed E-state index contributed by atoms with van der Waals surface area (Å²) in [7, 11) is 0. The fourth-order valence-electron chi connectivity index (χ4n) is 2.39. The lowest BCUT2D eigenvalue weighted by molar-refractivity contribution is -0.116. The second-order valence-electron chi connectivity index (χ2n) is 5.46. The van der Waals surface area contributed by atoms with Crippen molar-refractivity contribution in [3.63, 3.8) is 0 Å². The second-order valence-corrected chi connectivity index (χ2v) is 5.46. The van der Waals surface area contributed by atoms with Crippen LogP contribution in [0.25, 0.3) is 0 Å². The van der Waals surface area contributed by atoms with E-state index in [0.717, 1.165) is 12.1 Å². The summed E-state index contributed by atoms with van der Waals surface area (Å²) in [4.78, 5) is 24.1. The minimum absolute atomic E-state index is 0.0187. The molecule has 0 spiro atoms. The number of nitrogens with one attached hydrogen (secondary N) is 1. The Kier molecular flexibility index (Phi) is 4.92. The fraction of sp³-hybridized carbons (Fsp3) is 0.222. The third kappa shape index (κ3) is 4.12. The lowest BCUT2D eigenvalue weighted by atomic mass is 10.1. The van der Waals surface area contributed by atoms with Crippen LogP contribution in [-0.2, 0) is 4.79 Å². The highest BCUT2D eigenvalue weighted by molar-refractivity contribution is 6.00. The number of ketones is 1. The number of amides is 1. The van der Waals surface area contributed by atoms with Crippen molar-refractivity contribution in [1.82, 2.24) is 0 Å². The molecule has 1 heterocycles. The highest BCUT2D eigenvalue weighted by atomic mass is 19.2. The number of hydrogen-bond donors (Lipinski definition) is 1. The van der Waals surface area contributed by atoms with Crippen LogP contribution in [0.1, 0.15) is 23.2 Å². The first kappa shape index (κ1) is 16.9. The summed E-state index contributed by atoms with van der Waals surface area (Å²) in [5.41, 5.74) is 0.556. The lowest BCUT2D eigenvalue weighted by Gasteiger charge is -2.18. The Morgan fingerprint density at radius 1 is 0.920 bits per heavy atom. The highest BCUT2D eigenvalue weighted by Crippen LogP contribution is 2.31. The van der Waals surface area contributed by atoms with Crippen LogP contribution in [0.15, 0.2) is 36.4 Å². The van der Waals surface area contributed by atoms with Gasteiger partial charge in [-0.1, -0.05) is 0 Å². The van der Waals surface area contributed by atoms with Crippen molar-refractivity contribution in [1.29, 1.82) is 0 Å². The summed E-state index contributed by atoms with van der Waals surface area (Å²) in [6.07, 6.45) is -0.0958. The summed E-state index contributed by atoms with van der Waals surface area (Å²) in [6.45, 7) is 0.881. The molecule has 2 aromatic carbocycles. The van der Waals surface area contributed by atoms with Crippen molar-refractivity contribution in [3.8, 4) is 11.5 Å². The second kappa shape index (κ2) is 7.29. The van der Waals surface area contributed by atoms with Gasteiger partial charge in [-0.15, -0.1) is 0 Å². The molecule has 5 nitrogen and oxygen atoms in total. The number of ether oxygens (including phenoxy) is 2. The van der Waals surface area contributed by atoms with Gasteiger partial charge in [0.15, 0.2) is 28.9 Å². The predicted molar refractivity (Wildman–Crippen MR) is 86.0 cm³/mol. The number of anilines is 1. The summed E-state index contributed by atoms with van der Waals surface area (Å²) in [6, 6.07) is 7.91. The maximum absolute atomic E-state index is 13.1. The van der Waals surface area contributed by atoms with Crippen LogP contribution in [0.3, 0.4) is 0 Å². The average Bonchev–Trinajstić information content (AvgIpc) is 2.62. The molecule has 0 saturated heterocycles. The van der Waals surface area contributed by atoms with Gasteiger partial charge in [0, 0.05) is 30.2 Å². The molecule has 1 aliphatic rings. The van der Waals surface area contributed by atoms with Crippen LogP contribution in [0, 0.1) is 11.6 Å². The monoisotopic (exact) mass is 347 g/mol. The molecule has 1 amide bonds. The maximum Gasteiger partial charge on any atom is 0.224 e. The standard InChI is InChI=1S/C18H15F2NO4/c19-13-3-2-12(10-14(13)20)21-18(23)6-4-15(22)11-1-5-16-17(9-11)25-8-7-24-16/h1-3,5,9-10H,4,6-8H2,(H,21,23). The number of Topliss-reactive ketones (excluding diaryl/α,β-unsaturated/α-hetero) is 1. The Hall–Kier alpha value is -2.96. The minimum Gasteiger partial charge on any atom is -0.486 e. The fourth-order valence-corrected chi connectivity index (χ4v) is 2.39. The number of hydrogen-bond acceptors (Lipinski definition) is 4. The van der Waals surface area contributed by atoms with Crippen LogP contribution in [0.4, 0.5) is 14.5 Å². The van der Waals surface area contributed by atoms with Crippen LogP contribution in [-0.4, -0.2) is 24.9 Å². The molecule has 0 radical (unpaired) electrons. The number of rotatable bonds is 5. The van der Waals surface area contributed by atoms with E-state index in [1.165, 1.54) is 6.07 Å². The molecule has 0 bridgehead atoms. The summed E-state index contributed by atoms with van der Waals surface area (Å²) < 4.78 is 36.7. The Balaban J connectivity index is 1.56. The normalized spacial score (nSPS) is 12.6. The smallest absolute Gasteiger partial charge is 0.224 e. The van der Waals surface area contributed by atoms with E-state index in [-0.39, 0.29) is 24.3 Å². The minimum atomic E-state index is -1.05. The van der Waals surface area contributed by atoms with Gasteiger partial charge in [-0.05, 0) is 30.3 Å². The topological polar surface area (TPSA) is 64.6 Å². The van der Waals surface area contributed by atoms with Crippen molar-refractivity contribution in [2.75, 3.05) is 18.5 Å².